The second-order valence-corrected chi connectivity index (χ2v) is 5.52. The number of imide groups is 1. The van der Waals surface area contributed by atoms with Gasteiger partial charge in [-0.25, -0.2) is 9.69 Å². The molecule has 0 atom stereocenters. The van der Waals surface area contributed by atoms with E-state index in [9.17, 15) is 9.59 Å². The molecule has 0 saturated carbocycles. The Morgan fingerprint density at radius 3 is 2.56 bits per heavy atom. The van der Waals surface area contributed by atoms with Gasteiger partial charge in [0, 0.05) is 5.02 Å². The van der Waals surface area contributed by atoms with E-state index in [1.54, 1.807) is 19.9 Å². The van der Waals surface area contributed by atoms with Gasteiger partial charge in [-0.1, -0.05) is 23.2 Å². The zero-order valence-corrected chi connectivity index (χ0v) is 11.4. The molecule has 1 aromatic rings. The Labute approximate surface area is 114 Å². The van der Waals surface area contributed by atoms with Crippen molar-refractivity contribution < 1.29 is 14.3 Å². The van der Waals surface area contributed by atoms with E-state index in [4.69, 9.17) is 27.9 Å². The minimum Gasteiger partial charge on any atom is -0.448 e. The molecular formula is C12H11Cl2NO3. The molecule has 2 amide bonds. The number of hydrogen-bond donors (Lipinski definition) is 0. The summed E-state index contributed by atoms with van der Waals surface area (Å²) in [5.41, 5.74) is -0.486. The van der Waals surface area contributed by atoms with Crippen LogP contribution in [0, 0.1) is 5.41 Å². The first-order valence-electron chi connectivity index (χ1n) is 5.29. The fraction of sp³-hybridized carbons (Fsp3) is 0.333. The lowest BCUT2D eigenvalue weighted by atomic mass is 9.91. The molecule has 18 heavy (non-hydrogen) atoms. The van der Waals surface area contributed by atoms with E-state index in [0.29, 0.717) is 5.02 Å². The summed E-state index contributed by atoms with van der Waals surface area (Å²) in [6.07, 6.45) is -0.719. The number of benzene rings is 1. The van der Waals surface area contributed by atoms with Gasteiger partial charge in [0.25, 0.3) is 0 Å². The monoisotopic (exact) mass is 287 g/mol. The van der Waals surface area contributed by atoms with Crippen LogP contribution in [0.5, 0.6) is 0 Å². The van der Waals surface area contributed by atoms with E-state index in [1.165, 1.54) is 12.1 Å². The summed E-state index contributed by atoms with van der Waals surface area (Å²) in [5.74, 6) is -0.344. The van der Waals surface area contributed by atoms with Crippen molar-refractivity contribution in [1.29, 1.82) is 0 Å². The number of halogens is 2. The lowest BCUT2D eigenvalue weighted by molar-refractivity contribution is -0.130. The summed E-state index contributed by atoms with van der Waals surface area (Å²) in [4.78, 5) is 24.9. The highest BCUT2D eigenvalue weighted by Gasteiger charge is 2.43. The molecule has 0 radical (unpaired) electrons. The van der Waals surface area contributed by atoms with Crippen LogP contribution in [-0.2, 0) is 9.53 Å². The van der Waals surface area contributed by atoms with Crippen LogP contribution in [0.25, 0.3) is 0 Å². The normalized spacial score (nSPS) is 18.8. The number of ether oxygens (including phenoxy) is 1. The third-order valence-electron chi connectivity index (χ3n) is 2.67. The molecule has 96 valence electrons. The van der Waals surface area contributed by atoms with Gasteiger partial charge in [0.05, 0.1) is 16.1 Å². The molecule has 1 aromatic carbocycles. The molecule has 0 unspecified atom stereocenters. The topological polar surface area (TPSA) is 46.6 Å². The minimum atomic E-state index is -0.767. The molecule has 0 aromatic heterocycles. The first-order chi connectivity index (χ1) is 8.33. The maximum Gasteiger partial charge on any atom is 0.421 e. The molecule has 1 saturated heterocycles. The minimum absolute atomic E-state index is 0.0619. The molecule has 2 rings (SSSR count). The first-order valence-corrected chi connectivity index (χ1v) is 6.05. The predicted octanol–water partition coefficient (Wildman–Crippen LogP) is 3.50. The molecule has 1 heterocycles. The lowest BCUT2D eigenvalue weighted by Crippen LogP contribution is -2.52. The van der Waals surface area contributed by atoms with E-state index in [1.807, 2.05) is 0 Å². The summed E-state index contributed by atoms with van der Waals surface area (Å²) in [7, 11) is 0. The quantitative estimate of drug-likeness (QED) is 0.794. The van der Waals surface area contributed by atoms with Gasteiger partial charge in [0.15, 0.2) is 0 Å². The van der Waals surface area contributed by atoms with Crippen LogP contribution >= 0.6 is 23.2 Å². The lowest BCUT2D eigenvalue weighted by Gasteiger charge is -2.35. The highest BCUT2D eigenvalue weighted by Crippen LogP contribution is 2.34. The fourth-order valence-electron chi connectivity index (χ4n) is 1.62. The van der Waals surface area contributed by atoms with Crippen LogP contribution in [0.3, 0.4) is 0 Å². The summed E-state index contributed by atoms with van der Waals surface area (Å²) in [6.45, 7) is 3.48. The number of nitrogens with zero attached hydrogens (tertiary/aromatic N) is 1. The fourth-order valence-corrected chi connectivity index (χ4v) is 2.12. The number of cyclic esters (lactones) is 1. The SMILES string of the molecule is CC1(C)COC(=O)N(c2ccc(Cl)cc2Cl)C1=O. The first kappa shape index (κ1) is 13.2. The summed E-state index contributed by atoms with van der Waals surface area (Å²) >= 11 is 11.8. The van der Waals surface area contributed by atoms with Crippen molar-refractivity contribution in [3.8, 4) is 0 Å². The Morgan fingerprint density at radius 2 is 1.94 bits per heavy atom. The Bertz CT molecular complexity index is 528. The maximum atomic E-state index is 12.2. The van der Waals surface area contributed by atoms with Crippen molar-refractivity contribution in [2.24, 2.45) is 5.41 Å². The van der Waals surface area contributed by atoms with E-state index in [-0.39, 0.29) is 23.2 Å². The van der Waals surface area contributed by atoms with Gasteiger partial charge in [-0.3, -0.25) is 4.79 Å². The number of amides is 2. The van der Waals surface area contributed by atoms with Crippen molar-refractivity contribution in [2.75, 3.05) is 11.5 Å². The van der Waals surface area contributed by atoms with Gasteiger partial charge < -0.3 is 4.74 Å². The average Bonchev–Trinajstić information content (AvgIpc) is 2.28. The van der Waals surface area contributed by atoms with Gasteiger partial charge in [-0.05, 0) is 32.0 Å². The third-order valence-corrected chi connectivity index (χ3v) is 3.21. The number of carbonyl (C=O) groups excluding carboxylic acids is 2. The number of rotatable bonds is 1. The van der Waals surface area contributed by atoms with Crippen molar-refractivity contribution in [3.05, 3.63) is 28.2 Å². The number of hydrogen-bond acceptors (Lipinski definition) is 3. The zero-order valence-electron chi connectivity index (χ0n) is 9.87. The van der Waals surface area contributed by atoms with Gasteiger partial charge in [0.2, 0.25) is 5.91 Å². The predicted molar refractivity (Wildman–Crippen MR) is 69.1 cm³/mol. The van der Waals surface area contributed by atoms with Crippen LogP contribution in [0.1, 0.15) is 13.8 Å². The highest BCUT2D eigenvalue weighted by atomic mass is 35.5. The molecular weight excluding hydrogens is 277 g/mol. The standard InChI is InChI=1S/C12H11Cl2NO3/c1-12(2)6-18-11(17)15(10(12)16)9-4-3-7(13)5-8(9)14/h3-5H,6H2,1-2H3. The van der Waals surface area contributed by atoms with Crippen LogP contribution in [0.4, 0.5) is 10.5 Å². The molecule has 0 aliphatic carbocycles. The Kier molecular flexibility index (Phi) is 3.25. The molecule has 1 aliphatic heterocycles. The number of anilines is 1. The third kappa shape index (κ3) is 2.18. The molecule has 4 nitrogen and oxygen atoms in total. The summed E-state index contributed by atoms with van der Waals surface area (Å²) in [6, 6.07) is 4.55. The van der Waals surface area contributed by atoms with Crippen LogP contribution in [-0.4, -0.2) is 18.6 Å². The molecule has 0 N–H and O–H groups in total. The molecule has 0 bridgehead atoms. The Hall–Kier alpha value is -1.26. The van der Waals surface area contributed by atoms with Gasteiger partial charge in [0.1, 0.15) is 6.61 Å². The molecule has 6 heteroatoms. The maximum absolute atomic E-state index is 12.2. The van der Waals surface area contributed by atoms with E-state index >= 15 is 0 Å². The second-order valence-electron chi connectivity index (χ2n) is 4.67. The van der Waals surface area contributed by atoms with Crippen molar-refractivity contribution in [3.63, 3.8) is 0 Å². The highest BCUT2D eigenvalue weighted by molar-refractivity contribution is 6.37. The average molecular weight is 288 g/mol. The van der Waals surface area contributed by atoms with Crippen LogP contribution < -0.4 is 4.90 Å². The largest absolute Gasteiger partial charge is 0.448 e. The Morgan fingerprint density at radius 1 is 1.28 bits per heavy atom. The Balaban J connectivity index is 2.47. The molecule has 1 aliphatic rings. The zero-order chi connectivity index (χ0) is 13.5. The second kappa shape index (κ2) is 4.44. The number of carbonyl (C=O) groups is 2. The van der Waals surface area contributed by atoms with Crippen molar-refractivity contribution in [2.45, 2.75) is 13.8 Å². The van der Waals surface area contributed by atoms with E-state index in [0.717, 1.165) is 4.90 Å². The van der Waals surface area contributed by atoms with Crippen LogP contribution in [0.2, 0.25) is 10.0 Å². The summed E-state index contributed by atoms with van der Waals surface area (Å²) < 4.78 is 4.99. The van der Waals surface area contributed by atoms with Crippen molar-refractivity contribution in [1.82, 2.24) is 0 Å². The van der Waals surface area contributed by atoms with Crippen molar-refractivity contribution >= 4 is 40.9 Å². The molecule has 0 spiro atoms. The van der Waals surface area contributed by atoms with Gasteiger partial charge in [-0.2, -0.15) is 0 Å². The smallest absolute Gasteiger partial charge is 0.421 e. The summed E-state index contributed by atoms with van der Waals surface area (Å²) in [5, 5.41) is 0.659. The molecule has 1 fully saturated rings. The van der Waals surface area contributed by atoms with Gasteiger partial charge >= 0.3 is 6.09 Å². The van der Waals surface area contributed by atoms with E-state index in [2.05, 4.69) is 0 Å². The van der Waals surface area contributed by atoms with Crippen LogP contribution in [0.15, 0.2) is 18.2 Å². The van der Waals surface area contributed by atoms with E-state index < -0.39 is 11.5 Å². The van der Waals surface area contributed by atoms with Gasteiger partial charge in [-0.15, -0.1) is 0 Å².